The average Bonchev–Trinajstić information content (AvgIpc) is 3.30. The number of benzene rings is 1. The summed E-state index contributed by atoms with van der Waals surface area (Å²) in [6, 6.07) is 9.27. The second-order valence-corrected chi connectivity index (χ2v) is 7.75. The van der Waals surface area contributed by atoms with Crippen LogP contribution in [0.5, 0.6) is 11.5 Å². The van der Waals surface area contributed by atoms with Crippen molar-refractivity contribution in [2.45, 2.75) is 6.61 Å². The summed E-state index contributed by atoms with van der Waals surface area (Å²) in [4.78, 5) is 20.7. The number of nitrogens with two attached hydrogens (primary N) is 1. The summed E-state index contributed by atoms with van der Waals surface area (Å²) < 4.78 is 13.9. The minimum atomic E-state index is -0.536. The van der Waals surface area contributed by atoms with Crippen LogP contribution in [0.4, 0.5) is 0 Å². The molecule has 1 amide bonds. The Morgan fingerprint density at radius 3 is 2.93 bits per heavy atom. The summed E-state index contributed by atoms with van der Waals surface area (Å²) >= 11 is 4.70. The standard InChI is InChI=1S/C19H15BrN4O3S/c1-26-12-2-3-15-14(6-12)23-10-24(15)17-7-16(18(28-17)19(21)25)27-9-11-4-5-22-8-13(11)20/h2-8,10H,9H2,1H3,(H2,21,25). The predicted molar refractivity (Wildman–Crippen MR) is 110 cm³/mol. The predicted octanol–water partition coefficient (Wildman–Crippen LogP) is 3.93. The van der Waals surface area contributed by atoms with Gasteiger partial charge in [-0.15, -0.1) is 11.3 Å². The highest BCUT2D eigenvalue weighted by atomic mass is 79.9. The van der Waals surface area contributed by atoms with Gasteiger partial charge in [0.15, 0.2) is 0 Å². The Hall–Kier alpha value is -2.91. The SMILES string of the molecule is COc1ccc2c(c1)ncn2-c1cc(OCc2ccncc2Br)c(C(N)=O)s1. The van der Waals surface area contributed by atoms with Crippen molar-refractivity contribution in [3.05, 3.63) is 64.0 Å². The van der Waals surface area contributed by atoms with E-state index in [4.69, 9.17) is 15.2 Å². The third-order valence-electron chi connectivity index (χ3n) is 4.14. The summed E-state index contributed by atoms with van der Waals surface area (Å²) in [5, 5.41) is 0.783. The van der Waals surface area contributed by atoms with Crippen molar-refractivity contribution in [1.29, 1.82) is 0 Å². The number of halogens is 1. The van der Waals surface area contributed by atoms with Gasteiger partial charge in [0.05, 0.1) is 18.1 Å². The van der Waals surface area contributed by atoms with Crippen LogP contribution < -0.4 is 15.2 Å². The second kappa shape index (κ2) is 7.61. The lowest BCUT2D eigenvalue weighted by Crippen LogP contribution is -2.10. The minimum Gasteiger partial charge on any atom is -0.497 e. The van der Waals surface area contributed by atoms with Gasteiger partial charge in [0, 0.05) is 34.6 Å². The van der Waals surface area contributed by atoms with Crippen molar-refractivity contribution >= 4 is 44.2 Å². The maximum absolute atomic E-state index is 11.9. The molecule has 2 N–H and O–H groups in total. The molecule has 28 heavy (non-hydrogen) atoms. The van der Waals surface area contributed by atoms with E-state index >= 15 is 0 Å². The molecule has 0 atom stereocenters. The maximum atomic E-state index is 11.9. The summed E-state index contributed by atoms with van der Waals surface area (Å²) in [7, 11) is 1.61. The van der Waals surface area contributed by atoms with E-state index in [2.05, 4.69) is 25.9 Å². The first-order valence-corrected chi connectivity index (χ1v) is 9.84. The van der Waals surface area contributed by atoms with Crippen LogP contribution in [0.2, 0.25) is 0 Å². The number of thiophene rings is 1. The number of imidazole rings is 1. The van der Waals surface area contributed by atoms with Crippen molar-refractivity contribution in [1.82, 2.24) is 14.5 Å². The molecular formula is C19H15BrN4O3S. The number of carbonyl (C=O) groups is 1. The van der Waals surface area contributed by atoms with E-state index in [1.54, 1.807) is 31.9 Å². The van der Waals surface area contributed by atoms with Gasteiger partial charge in [0.2, 0.25) is 0 Å². The molecule has 0 spiro atoms. The topological polar surface area (TPSA) is 92.3 Å². The van der Waals surface area contributed by atoms with Gasteiger partial charge < -0.3 is 15.2 Å². The monoisotopic (exact) mass is 458 g/mol. The van der Waals surface area contributed by atoms with Crippen LogP contribution >= 0.6 is 27.3 Å². The molecule has 9 heteroatoms. The Morgan fingerprint density at radius 1 is 1.32 bits per heavy atom. The van der Waals surface area contributed by atoms with Crippen molar-refractivity contribution < 1.29 is 14.3 Å². The molecule has 0 unspecified atom stereocenters. The third-order valence-corrected chi connectivity index (χ3v) is 5.98. The van der Waals surface area contributed by atoms with Crippen molar-refractivity contribution in [3.63, 3.8) is 0 Å². The van der Waals surface area contributed by atoms with Crippen molar-refractivity contribution in [2.75, 3.05) is 7.11 Å². The van der Waals surface area contributed by atoms with Gasteiger partial charge in [0.1, 0.15) is 34.3 Å². The molecule has 7 nitrogen and oxygen atoms in total. The summed E-state index contributed by atoms with van der Waals surface area (Å²) in [6.45, 7) is 0.279. The van der Waals surface area contributed by atoms with Gasteiger partial charge in [-0.05, 0) is 34.1 Å². The smallest absolute Gasteiger partial charge is 0.262 e. The summed E-state index contributed by atoms with van der Waals surface area (Å²) in [5.41, 5.74) is 8.16. The fraction of sp³-hybridized carbons (Fsp3) is 0.105. The fourth-order valence-electron chi connectivity index (χ4n) is 2.73. The van der Waals surface area contributed by atoms with Gasteiger partial charge in [-0.1, -0.05) is 0 Å². The molecule has 3 aromatic heterocycles. The lowest BCUT2D eigenvalue weighted by atomic mass is 10.3. The Balaban J connectivity index is 1.69. The average molecular weight is 459 g/mol. The highest BCUT2D eigenvalue weighted by Crippen LogP contribution is 2.34. The first kappa shape index (κ1) is 18.5. The molecule has 4 rings (SSSR count). The van der Waals surface area contributed by atoms with Gasteiger partial charge in [-0.3, -0.25) is 14.3 Å². The van der Waals surface area contributed by atoms with E-state index < -0.39 is 5.91 Å². The molecule has 4 aromatic rings. The molecule has 0 bridgehead atoms. The zero-order chi connectivity index (χ0) is 19.7. The van der Waals surface area contributed by atoms with Crippen LogP contribution in [0.3, 0.4) is 0 Å². The van der Waals surface area contributed by atoms with Crippen molar-refractivity contribution in [3.8, 4) is 16.5 Å². The first-order chi connectivity index (χ1) is 13.6. The number of nitrogens with zero attached hydrogens (tertiary/aromatic N) is 3. The van der Waals surface area contributed by atoms with E-state index in [-0.39, 0.29) is 6.61 Å². The number of amides is 1. The van der Waals surface area contributed by atoms with E-state index in [1.807, 2.05) is 28.8 Å². The van der Waals surface area contributed by atoms with Gasteiger partial charge >= 0.3 is 0 Å². The molecule has 0 aliphatic carbocycles. The number of hydrogen-bond donors (Lipinski definition) is 1. The number of fused-ring (bicyclic) bond motifs is 1. The Labute approximate surface area is 172 Å². The van der Waals surface area contributed by atoms with E-state index in [0.29, 0.717) is 10.6 Å². The molecule has 0 aliphatic rings. The minimum absolute atomic E-state index is 0.279. The molecule has 0 radical (unpaired) electrons. The number of ether oxygens (including phenoxy) is 2. The molecule has 0 aliphatic heterocycles. The quantitative estimate of drug-likeness (QED) is 0.472. The van der Waals surface area contributed by atoms with Crippen molar-refractivity contribution in [2.24, 2.45) is 5.73 Å². The normalized spacial score (nSPS) is 10.9. The molecule has 1 aromatic carbocycles. The van der Waals surface area contributed by atoms with E-state index in [0.717, 1.165) is 31.8 Å². The number of methoxy groups -OCH3 is 1. The van der Waals surface area contributed by atoms with E-state index in [1.165, 1.54) is 11.3 Å². The molecule has 0 saturated carbocycles. The number of rotatable bonds is 6. The van der Waals surface area contributed by atoms with Gasteiger partial charge in [-0.25, -0.2) is 4.98 Å². The Kier molecular flexibility index (Phi) is 5.01. The van der Waals surface area contributed by atoms with Gasteiger partial charge in [0.25, 0.3) is 5.91 Å². The van der Waals surface area contributed by atoms with Crippen LogP contribution in [-0.4, -0.2) is 27.6 Å². The Bertz CT molecular complexity index is 1170. The number of hydrogen-bond acceptors (Lipinski definition) is 6. The van der Waals surface area contributed by atoms with Crippen LogP contribution in [0.15, 0.2) is 53.5 Å². The zero-order valence-corrected chi connectivity index (χ0v) is 17.2. The second-order valence-electron chi connectivity index (χ2n) is 5.87. The molecule has 3 heterocycles. The maximum Gasteiger partial charge on any atom is 0.262 e. The lowest BCUT2D eigenvalue weighted by molar-refractivity contribution is 0.1000. The highest BCUT2D eigenvalue weighted by molar-refractivity contribution is 9.10. The largest absolute Gasteiger partial charge is 0.497 e. The van der Waals surface area contributed by atoms with E-state index in [9.17, 15) is 4.79 Å². The van der Waals surface area contributed by atoms with Crippen LogP contribution in [0, 0.1) is 0 Å². The summed E-state index contributed by atoms with van der Waals surface area (Å²) in [5.74, 6) is 0.631. The number of pyridine rings is 1. The Morgan fingerprint density at radius 2 is 2.18 bits per heavy atom. The number of primary amides is 1. The zero-order valence-electron chi connectivity index (χ0n) is 14.8. The van der Waals surface area contributed by atoms with Crippen LogP contribution in [0.25, 0.3) is 16.0 Å². The van der Waals surface area contributed by atoms with Crippen LogP contribution in [-0.2, 0) is 6.61 Å². The lowest BCUT2D eigenvalue weighted by Gasteiger charge is -2.07. The van der Waals surface area contributed by atoms with Crippen LogP contribution in [0.1, 0.15) is 15.2 Å². The molecule has 142 valence electrons. The molecule has 0 saturated heterocycles. The highest BCUT2D eigenvalue weighted by Gasteiger charge is 2.18. The number of aromatic nitrogens is 3. The summed E-state index contributed by atoms with van der Waals surface area (Å²) in [6.07, 6.45) is 5.08. The fourth-order valence-corrected chi connectivity index (χ4v) is 4.03. The molecule has 0 fully saturated rings. The van der Waals surface area contributed by atoms with Gasteiger partial charge in [-0.2, -0.15) is 0 Å². The first-order valence-electron chi connectivity index (χ1n) is 8.23. The molecular weight excluding hydrogens is 444 g/mol. The number of carbonyl (C=O) groups excluding carboxylic acids is 1. The third kappa shape index (κ3) is 3.46.